The maximum atomic E-state index is 10.8. The zero-order valence-corrected chi connectivity index (χ0v) is 7.43. The van der Waals surface area contributed by atoms with E-state index < -0.39 is 0 Å². The summed E-state index contributed by atoms with van der Waals surface area (Å²) in [5, 5.41) is 0. The van der Waals surface area contributed by atoms with Crippen molar-refractivity contribution in [1.82, 2.24) is 0 Å². The van der Waals surface area contributed by atoms with E-state index in [4.69, 9.17) is 4.74 Å². The monoisotopic (exact) mass is 166 g/mol. The van der Waals surface area contributed by atoms with E-state index in [1.807, 2.05) is 0 Å². The molecule has 1 atom stereocenters. The van der Waals surface area contributed by atoms with Gasteiger partial charge in [0.2, 0.25) is 0 Å². The van der Waals surface area contributed by atoms with Crippen LogP contribution in [0.4, 0.5) is 0 Å². The topological polar surface area (TPSA) is 26.3 Å². The molecule has 1 saturated heterocycles. The Bertz CT molecular complexity index is 204. The van der Waals surface area contributed by atoms with Crippen molar-refractivity contribution >= 4 is 6.29 Å². The second-order valence-corrected chi connectivity index (χ2v) is 3.24. The highest BCUT2D eigenvalue weighted by Gasteiger charge is 2.31. The van der Waals surface area contributed by atoms with Gasteiger partial charge in [0.25, 0.3) is 0 Å². The molecule has 1 fully saturated rings. The fourth-order valence-electron chi connectivity index (χ4n) is 1.41. The third kappa shape index (κ3) is 2.09. The predicted molar refractivity (Wildman–Crippen MR) is 46.6 cm³/mol. The predicted octanol–water partition coefficient (Wildman–Crippen LogP) is 1.40. The Morgan fingerprint density at radius 3 is 3.00 bits per heavy atom. The highest BCUT2D eigenvalue weighted by molar-refractivity contribution is 5.60. The minimum atomic E-state index is -0.304. The fraction of sp³-hybridized carbons (Fsp3) is 0.700. The lowest BCUT2D eigenvalue weighted by Gasteiger charge is -2.29. The summed E-state index contributed by atoms with van der Waals surface area (Å²) < 4.78 is 5.27. The minimum absolute atomic E-state index is 0.304. The Balaban J connectivity index is 2.57. The van der Waals surface area contributed by atoms with Gasteiger partial charge in [-0.15, -0.1) is 11.8 Å². The van der Waals surface area contributed by atoms with E-state index in [0.29, 0.717) is 13.0 Å². The van der Waals surface area contributed by atoms with Crippen LogP contribution < -0.4 is 0 Å². The molecule has 0 amide bonds. The number of ether oxygens (including phenoxy) is 1. The van der Waals surface area contributed by atoms with Gasteiger partial charge in [0.05, 0.1) is 12.0 Å². The number of rotatable bonds is 2. The lowest BCUT2D eigenvalue weighted by Crippen LogP contribution is -2.32. The Kier molecular flexibility index (Phi) is 3.31. The average Bonchev–Trinajstić information content (AvgIpc) is 2.16. The van der Waals surface area contributed by atoms with Crippen LogP contribution >= 0.6 is 0 Å². The van der Waals surface area contributed by atoms with E-state index in [-0.39, 0.29) is 5.41 Å². The molecule has 0 radical (unpaired) electrons. The Labute approximate surface area is 73.3 Å². The van der Waals surface area contributed by atoms with Gasteiger partial charge in [0.15, 0.2) is 0 Å². The first-order valence-electron chi connectivity index (χ1n) is 4.27. The first-order valence-corrected chi connectivity index (χ1v) is 4.27. The maximum Gasteiger partial charge on any atom is 0.129 e. The lowest BCUT2D eigenvalue weighted by molar-refractivity contribution is -0.123. The quantitative estimate of drug-likeness (QED) is 0.458. The van der Waals surface area contributed by atoms with E-state index in [1.54, 1.807) is 6.92 Å². The molecule has 0 aromatic carbocycles. The Morgan fingerprint density at radius 2 is 2.50 bits per heavy atom. The number of aldehydes is 1. The van der Waals surface area contributed by atoms with E-state index >= 15 is 0 Å². The van der Waals surface area contributed by atoms with Crippen molar-refractivity contribution in [2.24, 2.45) is 5.41 Å². The van der Waals surface area contributed by atoms with Crippen LogP contribution in [0.15, 0.2) is 0 Å². The van der Waals surface area contributed by atoms with E-state index in [1.165, 1.54) is 0 Å². The molecule has 0 N–H and O–H groups in total. The summed E-state index contributed by atoms with van der Waals surface area (Å²) in [5.74, 6) is 5.76. The van der Waals surface area contributed by atoms with Gasteiger partial charge < -0.3 is 9.53 Å². The molecule has 1 heterocycles. The molecule has 2 nitrogen and oxygen atoms in total. The van der Waals surface area contributed by atoms with Crippen molar-refractivity contribution in [3.8, 4) is 11.8 Å². The summed E-state index contributed by atoms with van der Waals surface area (Å²) in [6.45, 7) is 3.13. The van der Waals surface area contributed by atoms with Gasteiger partial charge in [0, 0.05) is 13.0 Å². The van der Waals surface area contributed by atoms with Crippen LogP contribution in [0.3, 0.4) is 0 Å². The lowest BCUT2D eigenvalue weighted by atomic mass is 9.81. The number of carbonyl (C=O) groups is 1. The smallest absolute Gasteiger partial charge is 0.129 e. The van der Waals surface area contributed by atoms with Gasteiger partial charge in [-0.3, -0.25) is 0 Å². The van der Waals surface area contributed by atoms with Crippen molar-refractivity contribution in [3.63, 3.8) is 0 Å². The normalized spacial score (nSPS) is 28.8. The van der Waals surface area contributed by atoms with Gasteiger partial charge in [-0.25, -0.2) is 0 Å². The van der Waals surface area contributed by atoms with Gasteiger partial charge in [-0.2, -0.15) is 0 Å². The molecule has 1 aliphatic heterocycles. The Hall–Kier alpha value is -0.810. The zero-order valence-electron chi connectivity index (χ0n) is 7.43. The summed E-state index contributed by atoms with van der Waals surface area (Å²) in [4.78, 5) is 10.8. The number of hydrogen-bond acceptors (Lipinski definition) is 2. The number of hydrogen-bond donors (Lipinski definition) is 0. The van der Waals surface area contributed by atoms with Crippen LogP contribution in [-0.2, 0) is 9.53 Å². The van der Waals surface area contributed by atoms with Crippen molar-refractivity contribution in [2.45, 2.75) is 26.2 Å². The third-order valence-electron chi connectivity index (χ3n) is 2.22. The second kappa shape index (κ2) is 4.27. The van der Waals surface area contributed by atoms with Crippen molar-refractivity contribution in [1.29, 1.82) is 0 Å². The second-order valence-electron chi connectivity index (χ2n) is 3.24. The van der Waals surface area contributed by atoms with Crippen LogP contribution in [0.1, 0.15) is 26.2 Å². The summed E-state index contributed by atoms with van der Waals surface area (Å²) in [7, 11) is 0. The minimum Gasteiger partial charge on any atom is -0.380 e. The van der Waals surface area contributed by atoms with Crippen LogP contribution in [0.2, 0.25) is 0 Å². The van der Waals surface area contributed by atoms with E-state index in [0.717, 1.165) is 25.7 Å². The summed E-state index contributed by atoms with van der Waals surface area (Å²) >= 11 is 0. The average molecular weight is 166 g/mol. The van der Waals surface area contributed by atoms with Crippen molar-refractivity contribution < 1.29 is 9.53 Å². The molecule has 0 saturated carbocycles. The van der Waals surface area contributed by atoms with Gasteiger partial charge in [-0.05, 0) is 19.8 Å². The molecule has 0 aliphatic carbocycles. The standard InChI is InChI=1S/C10H14O2/c1-2-3-5-10(8-11)6-4-7-12-9-10/h8H,4-7,9H2,1H3. The summed E-state index contributed by atoms with van der Waals surface area (Å²) in [6.07, 6.45) is 3.55. The first kappa shape index (κ1) is 9.28. The Morgan fingerprint density at radius 1 is 1.67 bits per heavy atom. The summed E-state index contributed by atoms with van der Waals surface area (Å²) in [6, 6.07) is 0. The molecular formula is C10H14O2. The van der Waals surface area contributed by atoms with Crippen LogP contribution in [0.25, 0.3) is 0 Å². The molecule has 1 rings (SSSR count). The molecule has 0 bridgehead atoms. The molecule has 0 spiro atoms. The molecule has 0 aromatic rings. The SMILES string of the molecule is CC#CCC1(C=O)CCCOC1. The first-order chi connectivity index (χ1) is 5.83. The van der Waals surface area contributed by atoms with Crippen LogP contribution in [0.5, 0.6) is 0 Å². The van der Waals surface area contributed by atoms with Crippen LogP contribution in [-0.4, -0.2) is 19.5 Å². The van der Waals surface area contributed by atoms with Gasteiger partial charge in [-0.1, -0.05) is 0 Å². The molecule has 1 unspecified atom stereocenters. The molecule has 0 aromatic heterocycles. The third-order valence-corrected chi connectivity index (χ3v) is 2.22. The fourth-order valence-corrected chi connectivity index (χ4v) is 1.41. The van der Waals surface area contributed by atoms with E-state index in [2.05, 4.69) is 11.8 Å². The molecular weight excluding hydrogens is 152 g/mol. The highest BCUT2D eigenvalue weighted by Crippen LogP contribution is 2.29. The van der Waals surface area contributed by atoms with Crippen LogP contribution in [0, 0.1) is 17.3 Å². The highest BCUT2D eigenvalue weighted by atomic mass is 16.5. The van der Waals surface area contributed by atoms with Crippen molar-refractivity contribution in [3.05, 3.63) is 0 Å². The molecule has 12 heavy (non-hydrogen) atoms. The largest absolute Gasteiger partial charge is 0.380 e. The zero-order chi connectivity index (χ0) is 8.86. The number of carbonyl (C=O) groups excluding carboxylic acids is 1. The van der Waals surface area contributed by atoms with E-state index in [9.17, 15) is 4.79 Å². The molecule has 1 aliphatic rings. The maximum absolute atomic E-state index is 10.8. The molecule has 66 valence electrons. The van der Waals surface area contributed by atoms with Gasteiger partial charge in [0.1, 0.15) is 6.29 Å². The summed E-state index contributed by atoms with van der Waals surface area (Å²) in [5.41, 5.74) is -0.304. The van der Waals surface area contributed by atoms with Gasteiger partial charge >= 0.3 is 0 Å². The van der Waals surface area contributed by atoms with Crippen molar-refractivity contribution in [2.75, 3.05) is 13.2 Å². The molecule has 2 heteroatoms.